The number of rotatable bonds is 5. The molecule has 2 aromatic rings. The number of para-hydroxylation sites is 2. The second-order valence-electron chi connectivity index (χ2n) is 4.14. The number of aromatic carboxylic acids is 1. The van der Waals surface area contributed by atoms with E-state index in [9.17, 15) is 9.90 Å². The fourth-order valence-electron chi connectivity index (χ4n) is 1.80. The lowest BCUT2D eigenvalue weighted by atomic mass is 10.1. The largest absolute Gasteiger partial charge is 0.545 e. The number of nitrogens with one attached hydrogen (secondary N) is 1. The summed E-state index contributed by atoms with van der Waals surface area (Å²) in [7, 11) is 0. The smallest absolute Gasteiger partial charge is 0.142 e. The summed E-state index contributed by atoms with van der Waals surface area (Å²) in [5.74, 6) is -0.545. The number of carboxylic acids is 1. The molecule has 20 heavy (non-hydrogen) atoms. The second-order valence-corrected chi connectivity index (χ2v) is 4.14. The maximum absolute atomic E-state index is 10.8. The van der Waals surface area contributed by atoms with Gasteiger partial charge in [0, 0.05) is 0 Å². The van der Waals surface area contributed by atoms with Crippen molar-refractivity contribution in [2.75, 3.05) is 17.7 Å². The Balaban J connectivity index is 2.28. The first-order valence-corrected chi connectivity index (χ1v) is 6.21. The average molecular weight is 271 g/mol. The molecule has 3 N–H and O–H groups in total. The van der Waals surface area contributed by atoms with E-state index in [0.29, 0.717) is 23.7 Å². The van der Waals surface area contributed by atoms with Crippen molar-refractivity contribution in [1.82, 2.24) is 0 Å². The lowest BCUT2D eigenvalue weighted by Crippen LogP contribution is -2.22. The Morgan fingerprint density at radius 3 is 2.65 bits per heavy atom. The number of carbonyl (C=O) groups is 1. The van der Waals surface area contributed by atoms with Crippen molar-refractivity contribution in [3.8, 4) is 5.75 Å². The molecule has 0 fully saturated rings. The Hall–Kier alpha value is -2.69. The summed E-state index contributed by atoms with van der Waals surface area (Å²) in [6.45, 7) is 2.46. The molecular weight excluding hydrogens is 256 g/mol. The number of benzene rings is 2. The number of anilines is 3. The van der Waals surface area contributed by atoms with Gasteiger partial charge in [0.15, 0.2) is 0 Å². The van der Waals surface area contributed by atoms with Crippen LogP contribution >= 0.6 is 0 Å². The normalized spacial score (nSPS) is 10.1. The highest BCUT2D eigenvalue weighted by Crippen LogP contribution is 2.30. The van der Waals surface area contributed by atoms with Crippen LogP contribution in [0, 0.1) is 0 Å². The van der Waals surface area contributed by atoms with Crippen molar-refractivity contribution in [2.45, 2.75) is 6.92 Å². The lowest BCUT2D eigenvalue weighted by molar-refractivity contribution is -0.255. The van der Waals surface area contributed by atoms with Crippen molar-refractivity contribution < 1.29 is 14.6 Å². The minimum Gasteiger partial charge on any atom is -0.545 e. The van der Waals surface area contributed by atoms with Gasteiger partial charge in [-0.1, -0.05) is 18.2 Å². The maximum Gasteiger partial charge on any atom is 0.142 e. The van der Waals surface area contributed by atoms with Crippen LogP contribution in [0.5, 0.6) is 5.75 Å². The molecule has 2 aromatic carbocycles. The van der Waals surface area contributed by atoms with Gasteiger partial charge in [-0.25, -0.2) is 0 Å². The minimum absolute atomic E-state index is 0.0474. The minimum atomic E-state index is -1.25. The molecule has 0 aromatic heterocycles. The lowest BCUT2D eigenvalue weighted by Gasteiger charge is -2.14. The molecule has 0 amide bonds. The predicted molar refractivity (Wildman–Crippen MR) is 76.1 cm³/mol. The molecule has 0 bridgehead atoms. The molecule has 0 aliphatic rings. The topological polar surface area (TPSA) is 87.4 Å². The van der Waals surface area contributed by atoms with Gasteiger partial charge in [-0.05, 0) is 36.8 Å². The molecule has 0 aliphatic carbocycles. The van der Waals surface area contributed by atoms with Crippen molar-refractivity contribution in [3.63, 3.8) is 0 Å². The second kappa shape index (κ2) is 5.97. The fraction of sp³-hybridized carbons (Fsp3) is 0.133. The third-order valence-electron chi connectivity index (χ3n) is 2.74. The summed E-state index contributed by atoms with van der Waals surface area (Å²) in [4.78, 5) is 10.8. The summed E-state index contributed by atoms with van der Waals surface area (Å²) in [5, 5.41) is 13.9. The van der Waals surface area contributed by atoms with E-state index in [1.165, 1.54) is 12.1 Å². The molecule has 0 atom stereocenters. The maximum atomic E-state index is 10.8. The van der Waals surface area contributed by atoms with E-state index in [2.05, 4.69) is 5.32 Å². The molecule has 0 unspecified atom stereocenters. The molecule has 0 saturated carbocycles. The number of ether oxygens (including phenoxy) is 1. The average Bonchev–Trinajstić information content (AvgIpc) is 2.43. The van der Waals surface area contributed by atoms with Crippen LogP contribution in [0.15, 0.2) is 42.5 Å². The van der Waals surface area contributed by atoms with Crippen LogP contribution in [-0.2, 0) is 0 Å². The van der Waals surface area contributed by atoms with Crippen LogP contribution in [0.4, 0.5) is 17.1 Å². The summed E-state index contributed by atoms with van der Waals surface area (Å²) < 4.78 is 5.50. The number of hydrogen-bond acceptors (Lipinski definition) is 5. The Morgan fingerprint density at radius 1 is 1.25 bits per heavy atom. The Kier molecular flexibility index (Phi) is 4.10. The van der Waals surface area contributed by atoms with Crippen LogP contribution in [0.1, 0.15) is 17.3 Å². The molecule has 0 spiro atoms. The van der Waals surface area contributed by atoms with E-state index in [0.717, 1.165) is 5.69 Å². The van der Waals surface area contributed by atoms with Crippen LogP contribution in [0.2, 0.25) is 0 Å². The molecule has 5 nitrogen and oxygen atoms in total. The highest BCUT2D eigenvalue weighted by molar-refractivity contribution is 5.89. The van der Waals surface area contributed by atoms with E-state index in [1.54, 1.807) is 6.07 Å². The zero-order chi connectivity index (χ0) is 14.5. The summed E-state index contributed by atoms with van der Waals surface area (Å²) >= 11 is 0. The van der Waals surface area contributed by atoms with Gasteiger partial charge < -0.3 is 25.7 Å². The van der Waals surface area contributed by atoms with Crippen LogP contribution in [0.3, 0.4) is 0 Å². The van der Waals surface area contributed by atoms with Gasteiger partial charge in [-0.2, -0.15) is 0 Å². The van der Waals surface area contributed by atoms with Crippen LogP contribution in [0.25, 0.3) is 0 Å². The van der Waals surface area contributed by atoms with Gasteiger partial charge in [0.25, 0.3) is 0 Å². The fourth-order valence-corrected chi connectivity index (χ4v) is 1.80. The number of nitrogen functional groups attached to an aromatic ring is 1. The van der Waals surface area contributed by atoms with E-state index in [1.807, 2.05) is 31.2 Å². The number of carboxylic acid groups (broad SMARTS) is 1. The predicted octanol–water partition coefficient (Wildman–Crippen LogP) is 1.77. The summed E-state index contributed by atoms with van der Waals surface area (Å²) in [6, 6.07) is 11.9. The first kappa shape index (κ1) is 13.7. The van der Waals surface area contributed by atoms with Crippen LogP contribution in [-0.4, -0.2) is 12.6 Å². The zero-order valence-electron chi connectivity index (χ0n) is 11.1. The first-order valence-electron chi connectivity index (χ1n) is 6.21. The van der Waals surface area contributed by atoms with Gasteiger partial charge in [0.2, 0.25) is 0 Å². The summed E-state index contributed by atoms with van der Waals surface area (Å²) in [5.41, 5.74) is 7.59. The Morgan fingerprint density at radius 2 is 2.00 bits per heavy atom. The van der Waals surface area contributed by atoms with Gasteiger partial charge in [-0.3, -0.25) is 0 Å². The van der Waals surface area contributed by atoms with Crippen molar-refractivity contribution in [2.24, 2.45) is 0 Å². The molecule has 0 saturated heterocycles. The quantitative estimate of drug-likeness (QED) is 0.809. The highest BCUT2D eigenvalue weighted by atomic mass is 16.5. The molecule has 0 aliphatic heterocycles. The first-order chi connectivity index (χ1) is 9.61. The van der Waals surface area contributed by atoms with Gasteiger partial charge in [-0.15, -0.1) is 0 Å². The number of hydrogen-bond donors (Lipinski definition) is 2. The highest BCUT2D eigenvalue weighted by Gasteiger charge is 2.06. The molecular formula is C15H15N2O3-. The number of carbonyl (C=O) groups excluding carboxylic acids is 1. The third kappa shape index (κ3) is 3.00. The number of nitrogens with two attached hydrogens (primary N) is 1. The van der Waals surface area contributed by atoms with Crippen LogP contribution < -0.4 is 20.9 Å². The van der Waals surface area contributed by atoms with Crippen molar-refractivity contribution in [1.29, 1.82) is 0 Å². The monoisotopic (exact) mass is 271 g/mol. The van der Waals surface area contributed by atoms with Crippen molar-refractivity contribution in [3.05, 3.63) is 48.0 Å². The van der Waals surface area contributed by atoms with E-state index < -0.39 is 5.97 Å². The molecule has 2 rings (SSSR count). The standard InChI is InChI=1S/C15H16N2O3/c1-2-20-14-6-4-3-5-13(14)17-12-8-7-10(15(18)19)9-11(12)16/h3-9,17H,2,16H2,1H3,(H,18,19)/p-1. The van der Waals surface area contributed by atoms with Gasteiger partial charge in [0.05, 0.1) is 29.6 Å². The van der Waals surface area contributed by atoms with Crippen molar-refractivity contribution >= 4 is 23.0 Å². The van der Waals surface area contributed by atoms with E-state index in [-0.39, 0.29) is 5.56 Å². The Labute approximate surface area is 117 Å². The molecule has 104 valence electrons. The molecule has 0 heterocycles. The molecule has 0 radical (unpaired) electrons. The van der Waals surface area contributed by atoms with Gasteiger partial charge >= 0.3 is 0 Å². The SMILES string of the molecule is CCOc1ccccc1Nc1ccc(C(=O)[O-])cc1N. The third-order valence-corrected chi connectivity index (χ3v) is 2.74. The van der Waals surface area contributed by atoms with E-state index in [4.69, 9.17) is 10.5 Å². The van der Waals surface area contributed by atoms with Gasteiger partial charge in [0.1, 0.15) is 5.75 Å². The Bertz CT molecular complexity index is 626. The molecule has 5 heteroatoms. The summed E-state index contributed by atoms with van der Waals surface area (Å²) in [6.07, 6.45) is 0. The van der Waals surface area contributed by atoms with E-state index >= 15 is 0 Å². The zero-order valence-corrected chi connectivity index (χ0v) is 11.1.